The molecule has 22 heavy (non-hydrogen) atoms. The lowest BCUT2D eigenvalue weighted by Gasteiger charge is -2.14. The molecule has 2 aromatic rings. The molecule has 0 aliphatic carbocycles. The fourth-order valence-electron chi connectivity index (χ4n) is 1.99. The molecule has 0 spiro atoms. The highest BCUT2D eigenvalue weighted by molar-refractivity contribution is 6.31. The van der Waals surface area contributed by atoms with Crippen molar-refractivity contribution < 1.29 is 13.6 Å². The molecule has 0 radical (unpaired) electrons. The van der Waals surface area contributed by atoms with Crippen LogP contribution >= 0.6 is 11.6 Å². The number of hydrogen-bond donors (Lipinski definition) is 1. The first kappa shape index (κ1) is 16.2. The molecule has 0 aliphatic rings. The standard InChI is InChI=1S/C17H14ClF2NO/c1-11(12-5-2-3-6-14(12)18)21-17(22)10-9-13-15(19)7-4-8-16(13)20/h2-11H,1H3,(H,21,22)/b10-9+. The van der Waals surface area contributed by atoms with Gasteiger partial charge in [0.1, 0.15) is 11.6 Å². The van der Waals surface area contributed by atoms with E-state index in [1.807, 2.05) is 6.07 Å². The number of hydrogen-bond acceptors (Lipinski definition) is 1. The average molecular weight is 322 g/mol. The Morgan fingerprint density at radius 1 is 1.14 bits per heavy atom. The van der Waals surface area contributed by atoms with E-state index in [1.54, 1.807) is 25.1 Å². The van der Waals surface area contributed by atoms with Crippen molar-refractivity contribution in [2.75, 3.05) is 0 Å². The highest BCUT2D eigenvalue weighted by Gasteiger charge is 2.11. The third kappa shape index (κ3) is 3.92. The molecular formula is C17H14ClF2NO. The van der Waals surface area contributed by atoms with Crippen molar-refractivity contribution in [3.05, 3.63) is 76.3 Å². The highest BCUT2D eigenvalue weighted by Crippen LogP contribution is 2.22. The number of benzene rings is 2. The van der Waals surface area contributed by atoms with E-state index in [1.165, 1.54) is 6.07 Å². The Balaban J connectivity index is 2.07. The normalized spacial score (nSPS) is 12.4. The number of nitrogens with one attached hydrogen (secondary N) is 1. The van der Waals surface area contributed by atoms with Crippen molar-refractivity contribution in [1.82, 2.24) is 5.32 Å². The number of rotatable bonds is 4. The van der Waals surface area contributed by atoms with Gasteiger partial charge in [0.25, 0.3) is 0 Å². The third-order valence-electron chi connectivity index (χ3n) is 3.13. The van der Waals surface area contributed by atoms with Crippen molar-refractivity contribution in [2.24, 2.45) is 0 Å². The summed E-state index contributed by atoms with van der Waals surface area (Å²) in [4.78, 5) is 11.8. The molecule has 0 bridgehead atoms. The van der Waals surface area contributed by atoms with E-state index in [4.69, 9.17) is 11.6 Å². The lowest BCUT2D eigenvalue weighted by Crippen LogP contribution is -2.24. The van der Waals surface area contributed by atoms with Gasteiger partial charge in [-0.15, -0.1) is 0 Å². The quantitative estimate of drug-likeness (QED) is 0.825. The Kier molecular flexibility index (Phi) is 5.28. The molecule has 0 saturated heterocycles. The Morgan fingerprint density at radius 3 is 2.41 bits per heavy atom. The molecule has 114 valence electrons. The van der Waals surface area contributed by atoms with Gasteiger partial charge >= 0.3 is 0 Å². The fourth-order valence-corrected chi connectivity index (χ4v) is 2.29. The molecule has 2 aromatic carbocycles. The lowest BCUT2D eigenvalue weighted by atomic mass is 10.1. The first-order chi connectivity index (χ1) is 10.5. The van der Waals surface area contributed by atoms with Crippen LogP contribution in [-0.2, 0) is 4.79 Å². The van der Waals surface area contributed by atoms with Crippen molar-refractivity contribution >= 4 is 23.6 Å². The van der Waals surface area contributed by atoms with Gasteiger partial charge in [0, 0.05) is 16.7 Å². The fraction of sp³-hybridized carbons (Fsp3) is 0.118. The van der Waals surface area contributed by atoms with Gasteiger partial charge in [-0.25, -0.2) is 8.78 Å². The molecule has 0 fully saturated rings. The van der Waals surface area contributed by atoms with Crippen molar-refractivity contribution in [3.8, 4) is 0 Å². The summed E-state index contributed by atoms with van der Waals surface area (Å²) < 4.78 is 26.9. The molecule has 1 unspecified atom stereocenters. The molecule has 0 saturated carbocycles. The van der Waals surface area contributed by atoms with Gasteiger partial charge < -0.3 is 5.32 Å². The van der Waals surface area contributed by atoms with Crippen molar-refractivity contribution in [3.63, 3.8) is 0 Å². The Hall–Kier alpha value is -2.20. The summed E-state index contributed by atoms with van der Waals surface area (Å²) in [6.45, 7) is 1.77. The van der Waals surface area contributed by atoms with Gasteiger partial charge in [-0.1, -0.05) is 35.9 Å². The summed E-state index contributed by atoms with van der Waals surface area (Å²) in [5.74, 6) is -1.90. The summed E-state index contributed by atoms with van der Waals surface area (Å²) in [6.07, 6.45) is 2.20. The zero-order valence-corrected chi connectivity index (χ0v) is 12.6. The molecular weight excluding hydrogens is 308 g/mol. The summed E-state index contributed by atoms with van der Waals surface area (Å²) in [6, 6.07) is 10.3. The molecule has 5 heteroatoms. The molecule has 2 nitrogen and oxygen atoms in total. The van der Waals surface area contributed by atoms with Gasteiger partial charge in [0.2, 0.25) is 5.91 Å². The zero-order valence-electron chi connectivity index (χ0n) is 11.8. The van der Waals surface area contributed by atoms with E-state index < -0.39 is 17.5 Å². The Labute approximate surface area is 132 Å². The highest BCUT2D eigenvalue weighted by atomic mass is 35.5. The van der Waals surface area contributed by atoms with Crippen LogP contribution in [0.15, 0.2) is 48.5 Å². The average Bonchev–Trinajstić information content (AvgIpc) is 2.47. The van der Waals surface area contributed by atoms with Crippen LogP contribution < -0.4 is 5.32 Å². The second-order valence-electron chi connectivity index (χ2n) is 4.72. The molecule has 1 atom stereocenters. The molecule has 0 aromatic heterocycles. The maximum atomic E-state index is 13.4. The van der Waals surface area contributed by atoms with Crippen LogP contribution in [0.4, 0.5) is 8.78 Å². The minimum atomic E-state index is -0.719. The maximum absolute atomic E-state index is 13.4. The van der Waals surface area contributed by atoms with Crippen LogP contribution in [-0.4, -0.2) is 5.91 Å². The SMILES string of the molecule is CC(NC(=O)/C=C/c1c(F)cccc1F)c1ccccc1Cl. The second kappa shape index (κ2) is 7.18. The van der Waals surface area contributed by atoms with Crippen LogP contribution in [0.25, 0.3) is 6.08 Å². The summed E-state index contributed by atoms with van der Waals surface area (Å²) in [7, 11) is 0. The Morgan fingerprint density at radius 2 is 1.77 bits per heavy atom. The third-order valence-corrected chi connectivity index (χ3v) is 3.48. The lowest BCUT2D eigenvalue weighted by molar-refractivity contribution is -0.117. The number of amides is 1. The van der Waals surface area contributed by atoms with Crippen LogP contribution in [0.1, 0.15) is 24.1 Å². The topological polar surface area (TPSA) is 29.1 Å². The van der Waals surface area contributed by atoms with Crippen molar-refractivity contribution in [1.29, 1.82) is 0 Å². The first-order valence-electron chi connectivity index (χ1n) is 6.66. The van der Waals surface area contributed by atoms with Gasteiger partial charge in [0.15, 0.2) is 0 Å². The minimum Gasteiger partial charge on any atom is -0.346 e. The first-order valence-corrected chi connectivity index (χ1v) is 7.04. The van der Waals surface area contributed by atoms with Crippen LogP contribution in [0.5, 0.6) is 0 Å². The van der Waals surface area contributed by atoms with Crippen LogP contribution in [0.3, 0.4) is 0 Å². The van der Waals surface area contributed by atoms with E-state index in [0.29, 0.717) is 5.02 Å². The number of carbonyl (C=O) groups is 1. The molecule has 0 heterocycles. The van der Waals surface area contributed by atoms with Gasteiger partial charge in [0.05, 0.1) is 6.04 Å². The molecule has 1 N–H and O–H groups in total. The second-order valence-corrected chi connectivity index (χ2v) is 5.13. The van der Waals surface area contributed by atoms with E-state index >= 15 is 0 Å². The van der Waals surface area contributed by atoms with Gasteiger partial charge in [-0.05, 0) is 36.8 Å². The number of carbonyl (C=O) groups excluding carboxylic acids is 1. The predicted octanol–water partition coefficient (Wildman–Crippen LogP) is 4.51. The molecule has 0 aliphatic heterocycles. The van der Waals surface area contributed by atoms with Gasteiger partial charge in [-0.3, -0.25) is 4.79 Å². The smallest absolute Gasteiger partial charge is 0.244 e. The van der Waals surface area contributed by atoms with Crippen LogP contribution in [0.2, 0.25) is 5.02 Å². The van der Waals surface area contributed by atoms with E-state index in [-0.39, 0.29) is 11.6 Å². The summed E-state index contributed by atoms with van der Waals surface area (Å²) in [5, 5.41) is 3.23. The van der Waals surface area contributed by atoms with E-state index in [9.17, 15) is 13.6 Å². The summed E-state index contributed by atoms with van der Waals surface area (Å²) >= 11 is 6.05. The number of halogens is 3. The summed E-state index contributed by atoms with van der Waals surface area (Å²) in [5.41, 5.74) is 0.519. The predicted molar refractivity (Wildman–Crippen MR) is 83.4 cm³/mol. The Bertz CT molecular complexity index is 695. The van der Waals surface area contributed by atoms with Crippen molar-refractivity contribution in [2.45, 2.75) is 13.0 Å². The van der Waals surface area contributed by atoms with E-state index in [0.717, 1.165) is 29.8 Å². The largest absolute Gasteiger partial charge is 0.346 e. The van der Waals surface area contributed by atoms with Crippen LogP contribution in [0, 0.1) is 11.6 Å². The molecule has 1 amide bonds. The molecule has 2 rings (SSSR count). The maximum Gasteiger partial charge on any atom is 0.244 e. The van der Waals surface area contributed by atoms with E-state index in [2.05, 4.69) is 5.32 Å². The monoisotopic (exact) mass is 321 g/mol. The minimum absolute atomic E-state index is 0.247. The van der Waals surface area contributed by atoms with Gasteiger partial charge in [-0.2, -0.15) is 0 Å². The zero-order chi connectivity index (χ0) is 16.1.